The fourth-order valence-electron chi connectivity index (χ4n) is 2.12. The molecule has 92 valence electrons. The van der Waals surface area contributed by atoms with Gasteiger partial charge in [-0.05, 0) is 31.9 Å². The Balaban J connectivity index is 1.82. The summed E-state index contributed by atoms with van der Waals surface area (Å²) in [5.41, 5.74) is 1.02. The lowest BCUT2D eigenvalue weighted by Gasteiger charge is -2.29. The van der Waals surface area contributed by atoms with Crippen LogP contribution in [0.5, 0.6) is 0 Å². The third kappa shape index (κ3) is 3.85. The van der Waals surface area contributed by atoms with Gasteiger partial charge in [0, 0.05) is 28.9 Å². The van der Waals surface area contributed by atoms with E-state index in [9.17, 15) is 0 Å². The van der Waals surface area contributed by atoms with Gasteiger partial charge in [0.15, 0.2) is 0 Å². The number of thiophene rings is 1. The highest BCUT2D eigenvalue weighted by molar-refractivity contribution is 7.10. The molecule has 1 aromatic rings. The monoisotopic (exact) mass is 249 g/mol. The third-order valence-electron chi connectivity index (χ3n) is 3.19. The van der Waals surface area contributed by atoms with E-state index in [4.69, 9.17) is 5.11 Å². The topological polar surface area (TPSA) is 23.5 Å². The Kier molecular flexibility index (Phi) is 4.61. The predicted octanol–water partition coefficient (Wildman–Crippen LogP) is 2.32. The van der Waals surface area contributed by atoms with Crippen molar-refractivity contribution in [3.05, 3.63) is 21.9 Å². The van der Waals surface area contributed by atoms with Gasteiger partial charge in [0.1, 0.15) is 6.61 Å². The van der Waals surface area contributed by atoms with Crippen molar-refractivity contribution in [3.8, 4) is 11.8 Å². The van der Waals surface area contributed by atoms with E-state index < -0.39 is 0 Å². The van der Waals surface area contributed by atoms with E-state index >= 15 is 0 Å². The molecule has 2 nitrogen and oxygen atoms in total. The molecule has 0 amide bonds. The van der Waals surface area contributed by atoms with E-state index in [2.05, 4.69) is 35.2 Å². The molecule has 0 aromatic carbocycles. The highest BCUT2D eigenvalue weighted by atomic mass is 32.1. The summed E-state index contributed by atoms with van der Waals surface area (Å²) < 4.78 is 0. The van der Waals surface area contributed by atoms with Crippen LogP contribution in [-0.2, 0) is 6.54 Å². The van der Waals surface area contributed by atoms with Gasteiger partial charge in [0.2, 0.25) is 0 Å². The molecule has 3 heteroatoms. The maximum absolute atomic E-state index is 8.63. The molecule has 0 saturated heterocycles. The molecule has 1 N–H and O–H groups in total. The Hall–Kier alpha value is -0.820. The first-order valence-electron chi connectivity index (χ1n) is 6.13. The van der Waals surface area contributed by atoms with Gasteiger partial charge < -0.3 is 10.0 Å². The fourth-order valence-corrected chi connectivity index (χ4v) is 3.01. The van der Waals surface area contributed by atoms with Gasteiger partial charge in [-0.2, -0.15) is 0 Å². The second-order valence-electron chi connectivity index (χ2n) is 4.76. The van der Waals surface area contributed by atoms with Crippen LogP contribution in [0.25, 0.3) is 0 Å². The average Bonchev–Trinajstić information content (AvgIpc) is 2.68. The lowest BCUT2D eigenvalue weighted by Crippen LogP contribution is -2.28. The van der Waals surface area contributed by atoms with Crippen molar-refractivity contribution in [1.29, 1.82) is 0 Å². The maximum Gasteiger partial charge on any atom is 0.104 e. The third-order valence-corrected chi connectivity index (χ3v) is 4.11. The standard InChI is InChI=1S/C14H19NOS/c1-15(9-12-4-2-5-12)10-14-8-13(11-17-14)6-3-7-16/h8,11-12,16H,2,4-5,7,9-10H2,1H3. The summed E-state index contributed by atoms with van der Waals surface area (Å²) in [5, 5.41) is 10.7. The van der Waals surface area contributed by atoms with E-state index in [0.29, 0.717) is 0 Å². The summed E-state index contributed by atoms with van der Waals surface area (Å²) in [6.45, 7) is 2.17. The molecule has 0 atom stereocenters. The van der Waals surface area contributed by atoms with Gasteiger partial charge in [0.05, 0.1) is 0 Å². The number of nitrogens with zero attached hydrogens (tertiary/aromatic N) is 1. The van der Waals surface area contributed by atoms with Crippen LogP contribution in [0.3, 0.4) is 0 Å². The number of aliphatic hydroxyl groups excluding tert-OH is 1. The normalized spacial score (nSPS) is 15.5. The molecule has 0 unspecified atom stereocenters. The average molecular weight is 249 g/mol. The molecule has 0 spiro atoms. The Morgan fingerprint density at radius 2 is 2.35 bits per heavy atom. The van der Waals surface area contributed by atoms with Crippen molar-refractivity contribution < 1.29 is 5.11 Å². The first-order chi connectivity index (χ1) is 8.28. The van der Waals surface area contributed by atoms with Crippen LogP contribution in [0.15, 0.2) is 11.4 Å². The van der Waals surface area contributed by atoms with Crippen molar-refractivity contribution in [2.45, 2.75) is 25.8 Å². The zero-order valence-corrected chi connectivity index (χ0v) is 11.1. The summed E-state index contributed by atoms with van der Waals surface area (Å²) in [6, 6.07) is 2.13. The van der Waals surface area contributed by atoms with Gasteiger partial charge in [-0.25, -0.2) is 0 Å². The smallest absolute Gasteiger partial charge is 0.104 e. The Morgan fingerprint density at radius 3 is 3.00 bits per heavy atom. The zero-order valence-electron chi connectivity index (χ0n) is 10.3. The predicted molar refractivity (Wildman–Crippen MR) is 72.0 cm³/mol. The van der Waals surface area contributed by atoms with Gasteiger partial charge in [-0.15, -0.1) is 11.3 Å². The molecule has 1 saturated carbocycles. The molecule has 0 aliphatic heterocycles. The molecule has 1 aromatic heterocycles. The molecule has 0 bridgehead atoms. The summed E-state index contributed by atoms with van der Waals surface area (Å²) in [5.74, 6) is 6.55. The molecule has 1 heterocycles. The van der Waals surface area contributed by atoms with E-state index in [1.807, 2.05) is 0 Å². The Morgan fingerprint density at radius 1 is 1.53 bits per heavy atom. The first kappa shape index (κ1) is 12.6. The maximum atomic E-state index is 8.63. The lowest BCUT2D eigenvalue weighted by atomic mass is 9.85. The molecule has 17 heavy (non-hydrogen) atoms. The minimum Gasteiger partial charge on any atom is -0.384 e. The van der Waals surface area contributed by atoms with Crippen LogP contribution in [0.1, 0.15) is 29.7 Å². The first-order valence-corrected chi connectivity index (χ1v) is 7.01. The van der Waals surface area contributed by atoms with Crippen LogP contribution < -0.4 is 0 Å². The number of hydrogen-bond donors (Lipinski definition) is 1. The molecule has 1 fully saturated rings. The fraction of sp³-hybridized carbons (Fsp3) is 0.571. The summed E-state index contributed by atoms with van der Waals surface area (Å²) in [4.78, 5) is 3.76. The highest BCUT2D eigenvalue weighted by Crippen LogP contribution is 2.27. The van der Waals surface area contributed by atoms with Crippen LogP contribution in [-0.4, -0.2) is 30.2 Å². The quantitative estimate of drug-likeness (QED) is 0.828. The van der Waals surface area contributed by atoms with Gasteiger partial charge in [-0.1, -0.05) is 18.3 Å². The van der Waals surface area contributed by atoms with Crippen molar-refractivity contribution in [3.63, 3.8) is 0 Å². The zero-order chi connectivity index (χ0) is 12.1. The lowest BCUT2D eigenvalue weighted by molar-refractivity contribution is 0.201. The van der Waals surface area contributed by atoms with E-state index in [0.717, 1.165) is 18.0 Å². The van der Waals surface area contributed by atoms with Crippen molar-refractivity contribution in [1.82, 2.24) is 4.90 Å². The number of hydrogen-bond acceptors (Lipinski definition) is 3. The van der Waals surface area contributed by atoms with Gasteiger partial charge in [-0.3, -0.25) is 0 Å². The van der Waals surface area contributed by atoms with Gasteiger partial charge >= 0.3 is 0 Å². The van der Waals surface area contributed by atoms with E-state index in [1.54, 1.807) is 11.3 Å². The SMILES string of the molecule is CN(Cc1cc(C#CCO)cs1)CC1CCC1. The second-order valence-corrected chi connectivity index (χ2v) is 5.75. The minimum absolute atomic E-state index is 0.0627. The summed E-state index contributed by atoms with van der Waals surface area (Å²) in [7, 11) is 2.19. The second kappa shape index (κ2) is 6.20. The molecule has 1 aliphatic rings. The molecular formula is C14H19NOS. The van der Waals surface area contributed by atoms with Crippen molar-refractivity contribution >= 4 is 11.3 Å². The van der Waals surface area contributed by atoms with E-state index in [-0.39, 0.29) is 6.61 Å². The Bertz CT molecular complexity index is 411. The summed E-state index contributed by atoms with van der Waals surface area (Å²) >= 11 is 1.76. The van der Waals surface area contributed by atoms with Crippen LogP contribution in [0.2, 0.25) is 0 Å². The summed E-state index contributed by atoms with van der Waals surface area (Å²) in [6.07, 6.45) is 4.22. The number of aliphatic hydroxyl groups is 1. The number of rotatable bonds is 4. The van der Waals surface area contributed by atoms with Crippen molar-refractivity contribution in [2.75, 3.05) is 20.2 Å². The van der Waals surface area contributed by atoms with Crippen LogP contribution in [0, 0.1) is 17.8 Å². The molecular weight excluding hydrogens is 230 g/mol. The van der Waals surface area contributed by atoms with Crippen molar-refractivity contribution in [2.24, 2.45) is 5.92 Å². The highest BCUT2D eigenvalue weighted by Gasteiger charge is 2.19. The van der Waals surface area contributed by atoms with E-state index in [1.165, 1.54) is 30.7 Å². The van der Waals surface area contributed by atoms with Gasteiger partial charge in [0.25, 0.3) is 0 Å². The largest absolute Gasteiger partial charge is 0.384 e. The molecule has 2 rings (SSSR count). The molecule has 0 radical (unpaired) electrons. The Labute approximate surface area is 107 Å². The van der Waals surface area contributed by atoms with Crippen LogP contribution in [0.4, 0.5) is 0 Å². The minimum atomic E-state index is -0.0627. The molecule has 1 aliphatic carbocycles. The van der Waals surface area contributed by atoms with Crippen LogP contribution >= 0.6 is 11.3 Å².